The molecular formula is C24H32ClN3O4S. The fourth-order valence-corrected chi connectivity index (χ4v) is 4.31. The smallest absolute Gasteiger partial charge is 0.266 e. The van der Waals surface area contributed by atoms with Gasteiger partial charge in [-0.05, 0) is 62.5 Å². The number of nitrogens with zero attached hydrogens (tertiary/aromatic N) is 3. The predicted molar refractivity (Wildman–Crippen MR) is 137 cm³/mol. The fourth-order valence-electron chi connectivity index (χ4n) is 3.27. The van der Waals surface area contributed by atoms with Crippen LogP contribution in [0, 0.1) is 0 Å². The molecule has 0 spiro atoms. The van der Waals surface area contributed by atoms with E-state index in [0.717, 1.165) is 41.3 Å². The largest absolute Gasteiger partial charge is 0.497 e. The number of thiazole rings is 1. The summed E-state index contributed by atoms with van der Waals surface area (Å²) in [5.41, 5.74) is 0.852. The molecule has 2 aromatic carbocycles. The van der Waals surface area contributed by atoms with Crippen LogP contribution in [-0.4, -0.2) is 62.3 Å². The standard InChI is InChI=1S/C24H31N3O4S.ClH/c1-5-26(6-2)14-15-27(23(28)17-31-19-10-8-18(29-4)9-11-19)24-25-21-13-12-20(30-7-3)16-22(21)32-24;/h8-13,16H,5-7,14-15,17H2,1-4H3;1H. The minimum Gasteiger partial charge on any atom is -0.497 e. The maximum absolute atomic E-state index is 13.2. The molecule has 0 fully saturated rings. The normalized spacial score (nSPS) is 10.7. The molecule has 3 rings (SSSR count). The molecule has 7 nitrogen and oxygen atoms in total. The van der Waals surface area contributed by atoms with Gasteiger partial charge in [0.1, 0.15) is 17.2 Å². The molecule has 0 saturated carbocycles. The molecule has 0 radical (unpaired) electrons. The highest BCUT2D eigenvalue weighted by Gasteiger charge is 2.21. The van der Waals surface area contributed by atoms with Gasteiger partial charge in [-0.25, -0.2) is 4.98 Å². The van der Waals surface area contributed by atoms with Gasteiger partial charge in [-0.2, -0.15) is 0 Å². The monoisotopic (exact) mass is 493 g/mol. The maximum atomic E-state index is 13.2. The van der Waals surface area contributed by atoms with Crippen molar-refractivity contribution in [3.63, 3.8) is 0 Å². The Hall–Kier alpha value is -2.55. The van der Waals surface area contributed by atoms with E-state index in [-0.39, 0.29) is 24.9 Å². The second-order valence-electron chi connectivity index (χ2n) is 7.10. The van der Waals surface area contributed by atoms with Gasteiger partial charge in [0, 0.05) is 13.1 Å². The van der Waals surface area contributed by atoms with Gasteiger partial charge in [-0.1, -0.05) is 25.2 Å². The quantitative estimate of drug-likeness (QED) is 0.358. The van der Waals surface area contributed by atoms with E-state index < -0.39 is 0 Å². The molecule has 0 aliphatic heterocycles. The Bertz CT molecular complexity index is 1010. The first-order chi connectivity index (χ1) is 15.6. The molecule has 0 atom stereocenters. The third-order valence-corrected chi connectivity index (χ3v) is 6.19. The lowest BCUT2D eigenvalue weighted by molar-refractivity contribution is -0.120. The molecule has 0 saturated heterocycles. The van der Waals surface area contributed by atoms with Gasteiger partial charge in [0.05, 0.1) is 23.9 Å². The summed E-state index contributed by atoms with van der Waals surface area (Å²) in [6.45, 7) is 9.91. The number of rotatable bonds is 12. The number of aromatic nitrogens is 1. The van der Waals surface area contributed by atoms with Crippen molar-refractivity contribution < 1.29 is 19.0 Å². The first kappa shape index (κ1) is 26.7. The number of likely N-dealkylation sites (N-methyl/N-ethyl adjacent to an activating group) is 1. The number of hydrogen-bond acceptors (Lipinski definition) is 7. The molecule has 9 heteroatoms. The second kappa shape index (κ2) is 13.2. The van der Waals surface area contributed by atoms with Crippen LogP contribution in [0.1, 0.15) is 20.8 Å². The Balaban J connectivity index is 0.00000385. The number of fused-ring (bicyclic) bond motifs is 1. The average molecular weight is 494 g/mol. The van der Waals surface area contributed by atoms with E-state index in [9.17, 15) is 4.79 Å². The van der Waals surface area contributed by atoms with E-state index in [4.69, 9.17) is 19.2 Å². The van der Waals surface area contributed by atoms with Gasteiger partial charge in [0.15, 0.2) is 11.7 Å². The fraction of sp³-hybridized carbons (Fsp3) is 0.417. The van der Waals surface area contributed by atoms with Crippen LogP contribution in [0.5, 0.6) is 17.2 Å². The number of amides is 1. The van der Waals surface area contributed by atoms with Crippen molar-refractivity contribution in [3.8, 4) is 17.2 Å². The van der Waals surface area contributed by atoms with Gasteiger partial charge < -0.3 is 19.1 Å². The number of hydrogen-bond donors (Lipinski definition) is 0. The number of halogens is 1. The summed E-state index contributed by atoms with van der Waals surface area (Å²) in [6, 6.07) is 13.0. The zero-order valence-corrected chi connectivity index (χ0v) is 21.2. The van der Waals surface area contributed by atoms with E-state index in [1.807, 2.05) is 25.1 Å². The number of ether oxygens (including phenoxy) is 3. The number of carbonyl (C=O) groups excluding carboxylic acids is 1. The van der Waals surface area contributed by atoms with Gasteiger partial charge in [-0.15, -0.1) is 12.4 Å². The topological polar surface area (TPSA) is 64.1 Å². The van der Waals surface area contributed by atoms with Crippen LogP contribution in [0.4, 0.5) is 5.13 Å². The van der Waals surface area contributed by atoms with Crippen LogP contribution < -0.4 is 19.1 Å². The first-order valence-electron chi connectivity index (χ1n) is 10.9. The molecule has 0 unspecified atom stereocenters. The molecule has 1 heterocycles. The van der Waals surface area contributed by atoms with Crippen molar-refractivity contribution in [2.45, 2.75) is 20.8 Å². The van der Waals surface area contributed by atoms with E-state index in [1.54, 1.807) is 36.3 Å². The van der Waals surface area contributed by atoms with Crippen molar-refractivity contribution in [3.05, 3.63) is 42.5 Å². The molecule has 0 N–H and O–H groups in total. The molecule has 0 aliphatic rings. The summed E-state index contributed by atoms with van der Waals surface area (Å²) in [4.78, 5) is 21.9. The van der Waals surface area contributed by atoms with E-state index in [0.29, 0.717) is 24.0 Å². The zero-order valence-electron chi connectivity index (χ0n) is 19.6. The SMILES string of the molecule is CCOc1ccc2nc(N(CCN(CC)CC)C(=O)COc3ccc(OC)cc3)sc2c1.Cl. The lowest BCUT2D eigenvalue weighted by atomic mass is 10.3. The molecular weight excluding hydrogens is 462 g/mol. The summed E-state index contributed by atoms with van der Waals surface area (Å²) in [5.74, 6) is 2.04. The third-order valence-electron chi connectivity index (χ3n) is 5.15. The highest BCUT2D eigenvalue weighted by molar-refractivity contribution is 7.22. The van der Waals surface area contributed by atoms with Crippen molar-refractivity contribution in [2.75, 3.05) is 51.4 Å². The molecule has 33 heavy (non-hydrogen) atoms. The Labute approximate surface area is 205 Å². The van der Waals surface area contributed by atoms with Gasteiger partial charge in [0.25, 0.3) is 5.91 Å². The second-order valence-corrected chi connectivity index (χ2v) is 8.10. The highest BCUT2D eigenvalue weighted by atomic mass is 35.5. The molecule has 180 valence electrons. The summed E-state index contributed by atoms with van der Waals surface area (Å²) >= 11 is 1.49. The molecule has 3 aromatic rings. The van der Waals surface area contributed by atoms with Crippen LogP contribution in [0.3, 0.4) is 0 Å². The predicted octanol–water partition coefficient (Wildman–Crippen LogP) is 4.88. The summed E-state index contributed by atoms with van der Waals surface area (Å²) in [5, 5.41) is 0.670. The Morgan fingerprint density at radius 3 is 2.24 bits per heavy atom. The minimum absolute atomic E-state index is 0. The zero-order chi connectivity index (χ0) is 22.9. The van der Waals surface area contributed by atoms with Crippen LogP contribution in [-0.2, 0) is 4.79 Å². The third kappa shape index (κ3) is 7.22. The van der Waals surface area contributed by atoms with Gasteiger partial charge in [-0.3, -0.25) is 9.69 Å². The molecule has 1 aromatic heterocycles. The molecule has 0 aliphatic carbocycles. The number of anilines is 1. The lowest BCUT2D eigenvalue weighted by Crippen LogP contribution is -2.41. The minimum atomic E-state index is -0.128. The van der Waals surface area contributed by atoms with Crippen molar-refractivity contribution in [1.82, 2.24) is 9.88 Å². The maximum Gasteiger partial charge on any atom is 0.266 e. The number of carbonyl (C=O) groups is 1. The van der Waals surface area contributed by atoms with E-state index in [1.165, 1.54) is 11.3 Å². The number of benzene rings is 2. The number of methoxy groups -OCH3 is 1. The van der Waals surface area contributed by atoms with Crippen molar-refractivity contribution >= 4 is 45.0 Å². The Kier molecular flexibility index (Phi) is 10.7. The van der Waals surface area contributed by atoms with E-state index >= 15 is 0 Å². The Morgan fingerprint density at radius 1 is 0.939 bits per heavy atom. The van der Waals surface area contributed by atoms with Crippen LogP contribution in [0.2, 0.25) is 0 Å². The molecule has 0 bridgehead atoms. The molecule has 1 amide bonds. The van der Waals surface area contributed by atoms with Crippen molar-refractivity contribution in [2.24, 2.45) is 0 Å². The average Bonchev–Trinajstić information content (AvgIpc) is 3.24. The van der Waals surface area contributed by atoms with E-state index in [2.05, 4.69) is 18.7 Å². The summed E-state index contributed by atoms with van der Waals surface area (Å²) < 4.78 is 17.5. The first-order valence-corrected chi connectivity index (χ1v) is 11.7. The van der Waals surface area contributed by atoms with Gasteiger partial charge in [0.2, 0.25) is 0 Å². The van der Waals surface area contributed by atoms with Crippen LogP contribution in [0.15, 0.2) is 42.5 Å². The van der Waals surface area contributed by atoms with Crippen molar-refractivity contribution in [1.29, 1.82) is 0 Å². The lowest BCUT2D eigenvalue weighted by Gasteiger charge is -2.24. The van der Waals surface area contributed by atoms with Gasteiger partial charge >= 0.3 is 0 Å². The van der Waals surface area contributed by atoms with Crippen LogP contribution in [0.25, 0.3) is 10.2 Å². The van der Waals surface area contributed by atoms with Crippen LogP contribution >= 0.6 is 23.7 Å². The summed E-state index contributed by atoms with van der Waals surface area (Å²) in [6.07, 6.45) is 0. The highest BCUT2D eigenvalue weighted by Crippen LogP contribution is 2.31. The Morgan fingerprint density at radius 2 is 1.61 bits per heavy atom. The summed E-state index contributed by atoms with van der Waals surface area (Å²) in [7, 11) is 1.61.